The maximum absolute atomic E-state index is 12.6. The normalized spacial score (nSPS) is 18.0. The van der Waals surface area contributed by atoms with Gasteiger partial charge in [-0.3, -0.25) is 4.79 Å². The van der Waals surface area contributed by atoms with E-state index < -0.39 is 0 Å². The van der Waals surface area contributed by atoms with Crippen LogP contribution in [0.3, 0.4) is 0 Å². The lowest BCUT2D eigenvalue weighted by Crippen LogP contribution is -2.42. The molecule has 7 nitrogen and oxygen atoms in total. The van der Waals surface area contributed by atoms with Crippen molar-refractivity contribution < 1.29 is 9.53 Å². The minimum Gasteiger partial charge on any atom is -0.378 e. The van der Waals surface area contributed by atoms with E-state index >= 15 is 0 Å². The molecular formula is C21H26ClN5O2. The van der Waals surface area contributed by atoms with Crippen LogP contribution >= 0.6 is 11.6 Å². The van der Waals surface area contributed by atoms with Gasteiger partial charge in [-0.1, -0.05) is 29.8 Å². The van der Waals surface area contributed by atoms with Crippen LogP contribution in [0.1, 0.15) is 18.4 Å². The zero-order valence-electron chi connectivity index (χ0n) is 16.4. The SMILES string of the molecule is O=C(NCc1ccccc1Cl)C1CCN(c2cncnc2N2CCOCC2)CC1. The standard InChI is InChI=1S/C21H26ClN5O2/c22-18-4-2-1-3-17(18)13-24-21(28)16-5-7-26(8-6-16)19-14-23-15-25-20(19)27-9-11-29-12-10-27/h1-4,14-16H,5-13H2,(H,24,28). The lowest BCUT2D eigenvalue weighted by atomic mass is 9.95. The molecule has 0 unspecified atom stereocenters. The first kappa shape index (κ1) is 19.9. The van der Waals surface area contributed by atoms with E-state index in [0.29, 0.717) is 11.6 Å². The highest BCUT2D eigenvalue weighted by atomic mass is 35.5. The molecule has 2 aliphatic rings. The monoisotopic (exact) mass is 415 g/mol. The molecule has 0 aliphatic carbocycles. The van der Waals surface area contributed by atoms with Gasteiger partial charge in [0.05, 0.1) is 25.1 Å². The second-order valence-electron chi connectivity index (χ2n) is 7.40. The molecule has 2 saturated heterocycles. The number of hydrogen-bond donors (Lipinski definition) is 1. The number of hydrogen-bond acceptors (Lipinski definition) is 6. The summed E-state index contributed by atoms with van der Waals surface area (Å²) in [6.07, 6.45) is 5.11. The largest absolute Gasteiger partial charge is 0.378 e. The Hall–Kier alpha value is -2.38. The highest BCUT2D eigenvalue weighted by molar-refractivity contribution is 6.31. The Morgan fingerprint density at radius 2 is 1.90 bits per heavy atom. The number of anilines is 2. The number of nitrogens with zero attached hydrogens (tertiary/aromatic N) is 4. The van der Waals surface area contributed by atoms with E-state index in [4.69, 9.17) is 16.3 Å². The van der Waals surface area contributed by atoms with Gasteiger partial charge in [-0.05, 0) is 24.5 Å². The first-order valence-corrected chi connectivity index (χ1v) is 10.5. The molecule has 0 radical (unpaired) electrons. The number of carbonyl (C=O) groups is 1. The topological polar surface area (TPSA) is 70.6 Å². The number of aromatic nitrogens is 2. The molecule has 154 valence electrons. The maximum atomic E-state index is 12.6. The van der Waals surface area contributed by atoms with Gasteiger partial charge in [0.25, 0.3) is 0 Å². The fourth-order valence-electron chi connectivity index (χ4n) is 3.91. The van der Waals surface area contributed by atoms with Crippen LogP contribution in [0, 0.1) is 5.92 Å². The van der Waals surface area contributed by atoms with Crippen LogP contribution in [0.5, 0.6) is 0 Å². The summed E-state index contributed by atoms with van der Waals surface area (Å²) < 4.78 is 5.46. The average molecular weight is 416 g/mol. The molecular weight excluding hydrogens is 390 g/mol. The van der Waals surface area contributed by atoms with Crippen molar-refractivity contribution in [2.45, 2.75) is 19.4 Å². The Kier molecular flexibility index (Phi) is 6.46. The Morgan fingerprint density at radius 3 is 2.66 bits per heavy atom. The van der Waals surface area contributed by atoms with E-state index in [2.05, 4.69) is 25.1 Å². The Morgan fingerprint density at radius 1 is 1.14 bits per heavy atom. The summed E-state index contributed by atoms with van der Waals surface area (Å²) in [6.45, 7) is 5.21. The molecule has 2 aliphatic heterocycles. The van der Waals surface area contributed by atoms with Gasteiger partial charge in [-0.2, -0.15) is 0 Å². The van der Waals surface area contributed by atoms with Gasteiger partial charge in [-0.15, -0.1) is 0 Å². The number of carbonyl (C=O) groups excluding carboxylic acids is 1. The number of rotatable bonds is 5. The first-order chi connectivity index (χ1) is 14.2. The number of morpholine rings is 1. The Balaban J connectivity index is 1.34. The van der Waals surface area contributed by atoms with Crippen molar-refractivity contribution in [3.63, 3.8) is 0 Å². The van der Waals surface area contributed by atoms with Crippen LogP contribution in [0.25, 0.3) is 0 Å². The molecule has 0 bridgehead atoms. The third-order valence-electron chi connectivity index (χ3n) is 5.60. The predicted octanol–water partition coefficient (Wildman–Crippen LogP) is 2.50. The van der Waals surface area contributed by atoms with Crippen molar-refractivity contribution in [1.29, 1.82) is 0 Å². The molecule has 2 aromatic rings. The fourth-order valence-corrected chi connectivity index (χ4v) is 4.11. The van der Waals surface area contributed by atoms with Crippen molar-refractivity contribution in [1.82, 2.24) is 15.3 Å². The first-order valence-electron chi connectivity index (χ1n) is 10.1. The minimum atomic E-state index is 0.0187. The number of benzene rings is 1. The molecule has 0 spiro atoms. The van der Waals surface area contributed by atoms with Gasteiger partial charge in [-0.25, -0.2) is 9.97 Å². The summed E-state index contributed by atoms with van der Waals surface area (Å²) in [5, 5.41) is 3.72. The second kappa shape index (κ2) is 9.41. The van der Waals surface area contributed by atoms with Crippen molar-refractivity contribution >= 4 is 29.0 Å². The van der Waals surface area contributed by atoms with E-state index in [0.717, 1.165) is 69.3 Å². The second-order valence-corrected chi connectivity index (χ2v) is 7.81. The third-order valence-corrected chi connectivity index (χ3v) is 5.97. The maximum Gasteiger partial charge on any atom is 0.223 e. The molecule has 1 amide bonds. The van der Waals surface area contributed by atoms with E-state index in [1.807, 2.05) is 30.5 Å². The van der Waals surface area contributed by atoms with Gasteiger partial charge < -0.3 is 19.9 Å². The Labute approximate surface area is 176 Å². The van der Waals surface area contributed by atoms with Crippen molar-refractivity contribution in [3.8, 4) is 0 Å². The molecule has 0 saturated carbocycles. The van der Waals surface area contributed by atoms with E-state index in [1.165, 1.54) is 0 Å². The Bertz CT molecular complexity index is 835. The summed E-state index contributed by atoms with van der Waals surface area (Å²) in [7, 11) is 0. The molecule has 1 N–H and O–H groups in total. The molecule has 4 rings (SSSR count). The molecule has 1 aromatic carbocycles. The van der Waals surface area contributed by atoms with E-state index in [-0.39, 0.29) is 11.8 Å². The highest BCUT2D eigenvalue weighted by Crippen LogP contribution is 2.30. The van der Waals surface area contributed by atoms with Crippen LogP contribution in [0.4, 0.5) is 11.5 Å². The van der Waals surface area contributed by atoms with E-state index in [9.17, 15) is 4.79 Å². The lowest BCUT2D eigenvalue weighted by molar-refractivity contribution is -0.125. The molecule has 8 heteroatoms. The zero-order chi connectivity index (χ0) is 20.1. The predicted molar refractivity (Wildman–Crippen MR) is 113 cm³/mol. The highest BCUT2D eigenvalue weighted by Gasteiger charge is 2.27. The molecule has 3 heterocycles. The molecule has 29 heavy (non-hydrogen) atoms. The quantitative estimate of drug-likeness (QED) is 0.809. The van der Waals surface area contributed by atoms with Crippen molar-refractivity contribution in [3.05, 3.63) is 47.4 Å². The average Bonchev–Trinajstić information content (AvgIpc) is 2.79. The summed E-state index contributed by atoms with van der Waals surface area (Å²) in [5.41, 5.74) is 1.99. The van der Waals surface area contributed by atoms with Crippen LogP contribution in [0.15, 0.2) is 36.8 Å². The van der Waals surface area contributed by atoms with Crippen LogP contribution in [-0.4, -0.2) is 55.3 Å². The number of ether oxygens (including phenoxy) is 1. The summed E-state index contributed by atoms with van der Waals surface area (Å²) in [6, 6.07) is 7.60. The summed E-state index contributed by atoms with van der Waals surface area (Å²) in [5.74, 6) is 1.08. The van der Waals surface area contributed by atoms with Gasteiger partial charge >= 0.3 is 0 Å². The van der Waals surface area contributed by atoms with Gasteiger partial charge in [0.2, 0.25) is 5.91 Å². The van der Waals surface area contributed by atoms with Crippen LogP contribution in [0.2, 0.25) is 5.02 Å². The van der Waals surface area contributed by atoms with E-state index in [1.54, 1.807) is 6.33 Å². The lowest BCUT2D eigenvalue weighted by Gasteiger charge is -2.36. The minimum absolute atomic E-state index is 0.0187. The van der Waals surface area contributed by atoms with Crippen molar-refractivity contribution in [2.75, 3.05) is 49.2 Å². The van der Waals surface area contributed by atoms with Gasteiger partial charge in [0.15, 0.2) is 5.82 Å². The fraction of sp³-hybridized carbons (Fsp3) is 0.476. The van der Waals surface area contributed by atoms with Crippen LogP contribution < -0.4 is 15.1 Å². The van der Waals surface area contributed by atoms with Gasteiger partial charge in [0, 0.05) is 43.7 Å². The number of halogens is 1. The smallest absolute Gasteiger partial charge is 0.223 e. The molecule has 2 fully saturated rings. The van der Waals surface area contributed by atoms with Crippen molar-refractivity contribution in [2.24, 2.45) is 5.92 Å². The summed E-state index contributed by atoms with van der Waals surface area (Å²) >= 11 is 6.18. The number of piperidine rings is 1. The number of nitrogens with one attached hydrogen (secondary N) is 1. The zero-order valence-corrected chi connectivity index (χ0v) is 17.1. The molecule has 1 aromatic heterocycles. The third kappa shape index (κ3) is 4.79. The van der Waals surface area contributed by atoms with Crippen LogP contribution in [-0.2, 0) is 16.1 Å². The summed E-state index contributed by atoms with van der Waals surface area (Å²) in [4.78, 5) is 25.9. The molecule has 0 atom stereocenters. The number of amides is 1. The van der Waals surface area contributed by atoms with Gasteiger partial charge in [0.1, 0.15) is 6.33 Å².